The standard InChI is InChI=1S/C31H37N/c1-7-12-26-18-22(4)30(29-16-11-10-15-28(26)29)32-31-23(5)21(3)17-27(24(31)6)19-25-14-9-8-13-20(25)2/h8,10-11,13,15-18,32H,7,9,12,14,19H2,1-6H3. The molecule has 0 atom stereocenters. The molecule has 4 rings (SSSR count). The Morgan fingerprint density at radius 3 is 2.25 bits per heavy atom. The normalized spacial score (nSPS) is 13.8. The maximum Gasteiger partial charge on any atom is 0.0493 e. The minimum absolute atomic E-state index is 1.05. The molecular formula is C31H37N. The van der Waals surface area contributed by atoms with Crippen LogP contribution in [0.25, 0.3) is 10.8 Å². The third-order valence-corrected chi connectivity index (χ3v) is 7.25. The third-order valence-electron chi connectivity index (χ3n) is 7.25. The molecule has 3 aromatic rings. The Bertz CT molecular complexity index is 1220. The van der Waals surface area contributed by atoms with Gasteiger partial charge in [-0.1, -0.05) is 73.0 Å². The van der Waals surface area contributed by atoms with E-state index < -0.39 is 0 Å². The number of anilines is 2. The fourth-order valence-corrected chi connectivity index (χ4v) is 5.15. The molecule has 3 aromatic carbocycles. The Hall–Kier alpha value is -2.80. The first-order chi connectivity index (χ1) is 15.4. The molecule has 1 aliphatic carbocycles. The number of benzene rings is 3. The summed E-state index contributed by atoms with van der Waals surface area (Å²) < 4.78 is 0. The van der Waals surface area contributed by atoms with Crippen LogP contribution >= 0.6 is 0 Å². The van der Waals surface area contributed by atoms with Crippen molar-refractivity contribution in [2.75, 3.05) is 5.32 Å². The molecule has 0 saturated carbocycles. The summed E-state index contributed by atoms with van der Waals surface area (Å²) in [6.07, 6.45) is 10.3. The molecule has 0 spiro atoms. The lowest BCUT2D eigenvalue weighted by Gasteiger charge is -2.23. The van der Waals surface area contributed by atoms with Crippen LogP contribution in [0.3, 0.4) is 0 Å². The first-order valence-electron chi connectivity index (χ1n) is 12.1. The number of nitrogens with one attached hydrogen (secondary N) is 1. The Labute approximate surface area is 194 Å². The van der Waals surface area contributed by atoms with Gasteiger partial charge in [0.2, 0.25) is 0 Å². The smallest absolute Gasteiger partial charge is 0.0493 e. The van der Waals surface area contributed by atoms with Gasteiger partial charge in [-0.05, 0) is 99.1 Å². The lowest BCUT2D eigenvalue weighted by atomic mass is 9.88. The first-order valence-corrected chi connectivity index (χ1v) is 12.1. The van der Waals surface area contributed by atoms with E-state index >= 15 is 0 Å². The molecule has 0 aromatic heterocycles. The van der Waals surface area contributed by atoms with Gasteiger partial charge in [0.05, 0.1) is 0 Å². The summed E-state index contributed by atoms with van der Waals surface area (Å²) in [5.41, 5.74) is 13.9. The van der Waals surface area contributed by atoms with E-state index in [2.05, 4.69) is 95.4 Å². The molecule has 0 bridgehead atoms. The Morgan fingerprint density at radius 2 is 1.53 bits per heavy atom. The fourth-order valence-electron chi connectivity index (χ4n) is 5.15. The van der Waals surface area contributed by atoms with Crippen LogP contribution < -0.4 is 5.32 Å². The second kappa shape index (κ2) is 9.36. The van der Waals surface area contributed by atoms with Crippen molar-refractivity contribution >= 4 is 22.1 Å². The van der Waals surface area contributed by atoms with Gasteiger partial charge in [-0.25, -0.2) is 0 Å². The lowest BCUT2D eigenvalue weighted by molar-refractivity contribution is 0.886. The molecular weight excluding hydrogens is 386 g/mol. The van der Waals surface area contributed by atoms with Crippen LogP contribution in [0.5, 0.6) is 0 Å². The van der Waals surface area contributed by atoms with Crippen molar-refractivity contribution in [1.29, 1.82) is 0 Å². The van der Waals surface area contributed by atoms with Crippen molar-refractivity contribution in [2.45, 2.75) is 73.6 Å². The van der Waals surface area contributed by atoms with Gasteiger partial charge < -0.3 is 5.32 Å². The van der Waals surface area contributed by atoms with Gasteiger partial charge >= 0.3 is 0 Å². The fraction of sp³-hybridized carbons (Fsp3) is 0.355. The SMILES string of the molecule is CCCc1cc(C)c(Nc2c(C)c(C)cc(CC3=C(C)C=CCC3)c2C)c2ccccc12. The zero-order chi connectivity index (χ0) is 22.8. The maximum absolute atomic E-state index is 3.92. The molecule has 0 aliphatic heterocycles. The zero-order valence-corrected chi connectivity index (χ0v) is 20.7. The summed E-state index contributed by atoms with van der Waals surface area (Å²) >= 11 is 0. The summed E-state index contributed by atoms with van der Waals surface area (Å²) in [5.74, 6) is 0. The van der Waals surface area contributed by atoms with Gasteiger partial charge in [-0.2, -0.15) is 0 Å². The van der Waals surface area contributed by atoms with Crippen LogP contribution in [-0.2, 0) is 12.8 Å². The number of allylic oxidation sites excluding steroid dienone is 4. The molecule has 0 radical (unpaired) electrons. The topological polar surface area (TPSA) is 12.0 Å². The van der Waals surface area contributed by atoms with Crippen molar-refractivity contribution in [1.82, 2.24) is 0 Å². The molecule has 1 nitrogen and oxygen atoms in total. The van der Waals surface area contributed by atoms with Crippen molar-refractivity contribution in [3.8, 4) is 0 Å². The Balaban J connectivity index is 1.81. The summed E-state index contributed by atoms with van der Waals surface area (Å²) in [4.78, 5) is 0. The average molecular weight is 424 g/mol. The number of hydrogen-bond acceptors (Lipinski definition) is 1. The first kappa shape index (κ1) is 22.4. The molecule has 1 heteroatoms. The van der Waals surface area contributed by atoms with E-state index in [4.69, 9.17) is 0 Å². The minimum atomic E-state index is 1.05. The quantitative estimate of drug-likeness (QED) is 0.417. The highest BCUT2D eigenvalue weighted by molar-refractivity contribution is 5.99. The van der Waals surface area contributed by atoms with Gasteiger partial charge in [-0.15, -0.1) is 0 Å². The van der Waals surface area contributed by atoms with E-state index in [0.29, 0.717) is 0 Å². The van der Waals surface area contributed by atoms with Crippen LogP contribution in [0.2, 0.25) is 0 Å². The molecule has 1 N–H and O–H groups in total. The lowest BCUT2D eigenvalue weighted by Crippen LogP contribution is -2.06. The molecule has 0 amide bonds. The van der Waals surface area contributed by atoms with Crippen molar-refractivity contribution in [2.24, 2.45) is 0 Å². The minimum Gasteiger partial charge on any atom is -0.354 e. The van der Waals surface area contributed by atoms with Gasteiger partial charge in [0.1, 0.15) is 0 Å². The van der Waals surface area contributed by atoms with Gasteiger partial charge in [0.25, 0.3) is 0 Å². The number of fused-ring (bicyclic) bond motifs is 1. The van der Waals surface area contributed by atoms with E-state index in [-0.39, 0.29) is 0 Å². The molecule has 0 fully saturated rings. The summed E-state index contributed by atoms with van der Waals surface area (Å²) in [6, 6.07) is 13.7. The number of hydrogen-bond donors (Lipinski definition) is 1. The van der Waals surface area contributed by atoms with Crippen LogP contribution in [0.1, 0.15) is 66.5 Å². The van der Waals surface area contributed by atoms with E-state index in [1.54, 1.807) is 5.57 Å². The van der Waals surface area contributed by atoms with Crippen molar-refractivity contribution in [3.05, 3.63) is 93.1 Å². The molecule has 1 aliphatic rings. The monoisotopic (exact) mass is 423 g/mol. The largest absolute Gasteiger partial charge is 0.354 e. The molecule has 32 heavy (non-hydrogen) atoms. The van der Waals surface area contributed by atoms with Crippen molar-refractivity contribution < 1.29 is 0 Å². The van der Waals surface area contributed by atoms with Crippen LogP contribution in [0.4, 0.5) is 11.4 Å². The Kier molecular flexibility index (Phi) is 6.55. The van der Waals surface area contributed by atoms with Gasteiger partial charge in [0.15, 0.2) is 0 Å². The highest BCUT2D eigenvalue weighted by Crippen LogP contribution is 2.37. The van der Waals surface area contributed by atoms with Gasteiger partial charge in [0, 0.05) is 16.8 Å². The summed E-state index contributed by atoms with van der Waals surface area (Å²) in [5, 5.41) is 6.62. The van der Waals surface area contributed by atoms with E-state index in [0.717, 1.165) is 19.3 Å². The van der Waals surface area contributed by atoms with Gasteiger partial charge in [-0.3, -0.25) is 0 Å². The van der Waals surface area contributed by atoms with Crippen LogP contribution in [0, 0.1) is 27.7 Å². The molecule has 0 saturated heterocycles. The maximum atomic E-state index is 3.92. The highest BCUT2D eigenvalue weighted by Gasteiger charge is 2.16. The Morgan fingerprint density at radius 1 is 0.812 bits per heavy atom. The zero-order valence-electron chi connectivity index (χ0n) is 20.7. The second-order valence-electron chi connectivity index (χ2n) is 9.53. The third kappa shape index (κ3) is 4.26. The summed E-state index contributed by atoms with van der Waals surface area (Å²) in [7, 11) is 0. The molecule has 0 heterocycles. The summed E-state index contributed by atoms with van der Waals surface area (Å²) in [6.45, 7) is 13.6. The second-order valence-corrected chi connectivity index (χ2v) is 9.53. The van der Waals surface area contributed by atoms with E-state index in [9.17, 15) is 0 Å². The van der Waals surface area contributed by atoms with Crippen molar-refractivity contribution in [3.63, 3.8) is 0 Å². The molecule has 166 valence electrons. The predicted octanol–water partition coefficient (Wildman–Crippen LogP) is 8.98. The van der Waals surface area contributed by atoms with Crippen LogP contribution in [-0.4, -0.2) is 0 Å². The predicted molar refractivity (Wildman–Crippen MR) is 141 cm³/mol. The highest BCUT2D eigenvalue weighted by atomic mass is 14.9. The number of aryl methyl sites for hydroxylation is 3. The molecule has 0 unspecified atom stereocenters. The average Bonchev–Trinajstić information content (AvgIpc) is 2.78. The van der Waals surface area contributed by atoms with E-state index in [1.165, 1.54) is 73.9 Å². The van der Waals surface area contributed by atoms with E-state index in [1.807, 2.05) is 0 Å². The number of rotatable bonds is 6. The van der Waals surface area contributed by atoms with Crippen LogP contribution in [0.15, 0.2) is 59.7 Å².